The molecule has 0 radical (unpaired) electrons. The van der Waals surface area contributed by atoms with Crippen LogP contribution in [0.5, 0.6) is 0 Å². The van der Waals surface area contributed by atoms with Crippen molar-refractivity contribution in [3.63, 3.8) is 0 Å². The molecule has 0 aliphatic carbocycles. The van der Waals surface area contributed by atoms with Gasteiger partial charge in [0, 0.05) is 12.7 Å². The fraction of sp³-hybridized carbons (Fsp3) is 0.389. The maximum absolute atomic E-state index is 13.2. The number of rotatable bonds is 7. The molecule has 0 saturated heterocycles. The van der Waals surface area contributed by atoms with E-state index in [1.165, 1.54) is 22.9 Å². The van der Waals surface area contributed by atoms with E-state index < -0.39 is 23.0 Å². The molecule has 7 nitrogen and oxygen atoms in total. The summed E-state index contributed by atoms with van der Waals surface area (Å²) in [5.74, 6) is -1.07. The highest BCUT2D eigenvalue weighted by atomic mass is 19.1. The van der Waals surface area contributed by atoms with Crippen LogP contribution >= 0.6 is 0 Å². The summed E-state index contributed by atoms with van der Waals surface area (Å²) in [6, 6.07) is 4.92. The highest BCUT2D eigenvalue weighted by molar-refractivity contribution is 5.93. The summed E-state index contributed by atoms with van der Waals surface area (Å²) in [6.07, 6.45) is 1.22. The van der Waals surface area contributed by atoms with E-state index in [1.807, 2.05) is 13.8 Å². The molecule has 0 aliphatic heterocycles. The smallest absolute Gasteiger partial charge is 0.335 e. The topological polar surface area (TPSA) is 82.3 Å². The third kappa shape index (κ3) is 4.45. The van der Waals surface area contributed by atoms with Gasteiger partial charge in [-0.15, -0.1) is 0 Å². The minimum Gasteiger partial charge on any atom is -0.377 e. The molecule has 1 heterocycles. The van der Waals surface area contributed by atoms with Crippen LogP contribution in [0.1, 0.15) is 31.1 Å². The molecule has 1 aromatic heterocycles. The van der Waals surface area contributed by atoms with Crippen LogP contribution in [0.2, 0.25) is 0 Å². The monoisotopic (exact) mass is 363 g/mol. The van der Waals surface area contributed by atoms with Crippen molar-refractivity contribution in [1.82, 2.24) is 14.5 Å². The van der Waals surface area contributed by atoms with Gasteiger partial charge >= 0.3 is 5.69 Å². The first-order chi connectivity index (χ1) is 12.3. The lowest BCUT2D eigenvalue weighted by molar-refractivity contribution is 0.0717. The summed E-state index contributed by atoms with van der Waals surface area (Å²) >= 11 is 0. The number of carbonyl (C=O) groups is 1. The number of nitrogens with one attached hydrogen (secondary N) is 1. The van der Waals surface area contributed by atoms with Crippen molar-refractivity contribution in [2.75, 3.05) is 13.2 Å². The average molecular weight is 363 g/mol. The van der Waals surface area contributed by atoms with Gasteiger partial charge in [0.15, 0.2) is 0 Å². The van der Waals surface area contributed by atoms with E-state index in [2.05, 4.69) is 5.32 Å². The van der Waals surface area contributed by atoms with Crippen LogP contribution in [0, 0.1) is 5.82 Å². The molecule has 26 heavy (non-hydrogen) atoms. The summed E-state index contributed by atoms with van der Waals surface area (Å²) in [5.41, 5.74) is -1.36. The Balaban J connectivity index is 2.58. The summed E-state index contributed by atoms with van der Waals surface area (Å²) in [4.78, 5) is 37.6. The Morgan fingerprint density at radius 3 is 2.46 bits per heavy atom. The van der Waals surface area contributed by atoms with Gasteiger partial charge in [-0.1, -0.05) is 0 Å². The summed E-state index contributed by atoms with van der Waals surface area (Å²) in [7, 11) is 0. The number of hydrogen-bond acceptors (Lipinski definition) is 4. The second kappa shape index (κ2) is 8.57. The van der Waals surface area contributed by atoms with Gasteiger partial charge in [-0.2, -0.15) is 0 Å². The Morgan fingerprint density at radius 2 is 1.88 bits per heavy atom. The Labute approximate surface area is 150 Å². The molecule has 0 saturated carbocycles. The van der Waals surface area contributed by atoms with Crippen molar-refractivity contribution in [2.24, 2.45) is 0 Å². The molecular formula is C18H22FN3O4. The van der Waals surface area contributed by atoms with Gasteiger partial charge in [0.1, 0.15) is 11.4 Å². The molecule has 0 unspecified atom stereocenters. The van der Waals surface area contributed by atoms with Crippen molar-refractivity contribution >= 4 is 5.91 Å². The number of benzene rings is 1. The van der Waals surface area contributed by atoms with Gasteiger partial charge in [-0.3, -0.25) is 14.2 Å². The maximum atomic E-state index is 13.2. The predicted molar refractivity (Wildman–Crippen MR) is 95.4 cm³/mol. The molecule has 0 spiro atoms. The van der Waals surface area contributed by atoms with Crippen LogP contribution in [-0.2, 0) is 11.3 Å². The second-order valence-corrected chi connectivity index (χ2v) is 5.91. The first-order valence-corrected chi connectivity index (χ1v) is 8.37. The fourth-order valence-electron chi connectivity index (χ4n) is 2.38. The minimum absolute atomic E-state index is 0.0171. The first kappa shape index (κ1) is 19.6. The number of aromatic nitrogens is 2. The van der Waals surface area contributed by atoms with Crippen molar-refractivity contribution in [3.8, 4) is 5.69 Å². The normalized spacial score (nSPS) is 11.0. The molecule has 0 atom stereocenters. The molecule has 140 valence electrons. The maximum Gasteiger partial charge on any atom is 0.335 e. The van der Waals surface area contributed by atoms with Gasteiger partial charge in [0.25, 0.3) is 11.5 Å². The van der Waals surface area contributed by atoms with Crippen LogP contribution in [0.4, 0.5) is 4.39 Å². The van der Waals surface area contributed by atoms with Gasteiger partial charge in [0.2, 0.25) is 0 Å². The molecule has 1 amide bonds. The number of halogens is 1. The van der Waals surface area contributed by atoms with E-state index in [-0.39, 0.29) is 30.5 Å². The number of amides is 1. The molecule has 0 fully saturated rings. The summed E-state index contributed by atoms with van der Waals surface area (Å²) < 4.78 is 20.7. The minimum atomic E-state index is -0.756. The van der Waals surface area contributed by atoms with Crippen molar-refractivity contribution < 1.29 is 13.9 Å². The van der Waals surface area contributed by atoms with Crippen molar-refractivity contribution in [3.05, 3.63) is 62.7 Å². The molecular weight excluding hydrogens is 341 g/mol. The Hall–Kier alpha value is -2.74. The van der Waals surface area contributed by atoms with E-state index >= 15 is 0 Å². The molecule has 1 aromatic carbocycles. The second-order valence-electron chi connectivity index (χ2n) is 5.91. The van der Waals surface area contributed by atoms with Crippen LogP contribution in [0.25, 0.3) is 5.69 Å². The van der Waals surface area contributed by atoms with Gasteiger partial charge in [0.05, 0.1) is 24.9 Å². The molecule has 2 aromatic rings. The zero-order chi connectivity index (χ0) is 19.3. The fourth-order valence-corrected chi connectivity index (χ4v) is 2.38. The van der Waals surface area contributed by atoms with E-state index in [9.17, 15) is 18.8 Å². The average Bonchev–Trinajstić information content (AvgIpc) is 2.58. The van der Waals surface area contributed by atoms with Gasteiger partial charge in [-0.25, -0.2) is 13.8 Å². The quantitative estimate of drug-likeness (QED) is 0.804. The van der Waals surface area contributed by atoms with Crippen LogP contribution in [-0.4, -0.2) is 34.3 Å². The first-order valence-electron chi connectivity index (χ1n) is 8.37. The largest absolute Gasteiger partial charge is 0.377 e. The number of hydrogen-bond donors (Lipinski definition) is 1. The number of ether oxygens (including phenoxy) is 1. The summed E-state index contributed by atoms with van der Waals surface area (Å²) in [5, 5.41) is 2.55. The van der Waals surface area contributed by atoms with Gasteiger partial charge < -0.3 is 10.1 Å². The Morgan fingerprint density at radius 1 is 1.23 bits per heavy atom. The van der Waals surface area contributed by atoms with Crippen LogP contribution in [0.3, 0.4) is 0 Å². The zero-order valence-corrected chi connectivity index (χ0v) is 15.0. The third-order valence-corrected chi connectivity index (χ3v) is 3.61. The van der Waals surface area contributed by atoms with Crippen molar-refractivity contribution in [1.29, 1.82) is 0 Å². The lowest BCUT2D eigenvalue weighted by Crippen LogP contribution is -2.43. The third-order valence-electron chi connectivity index (χ3n) is 3.61. The van der Waals surface area contributed by atoms with E-state index in [4.69, 9.17) is 4.74 Å². The highest BCUT2D eigenvalue weighted by Crippen LogP contribution is 2.05. The lowest BCUT2D eigenvalue weighted by Gasteiger charge is -2.14. The van der Waals surface area contributed by atoms with Crippen LogP contribution in [0.15, 0.2) is 40.1 Å². The molecule has 0 aliphatic rings. The van der Waals surface area contributed by atoms with Crippen LogP contribution < -0.4 is 16.6 Å². The van der Waals surface area contributed by atoms with E-state index in [0.717, 1.165) is 16.7 Å². The van der Waals surface area contributed by atoms with Crippen molar-refractivity contribution in [2.45, 2.75) is 33.4 Å². The van der Waals surface area contributed by atoms with Gasteiger partial charge in [-0.05, 0) is 45.0 Å². The summed E-state index contributed by atoms with van der Waals surface area (Å²) in [6.45, 7) is 6.21. The molecule has 8 heteroatoms. The molecule has 0 bridgehead atoms. The standard InChI is InChI=1S/C18H22FN3O4/c1-4-20-16(23)15-11-21(9-10-26-12(2)3)18(25)22(17(15)24)14-7-5-13(19)6-8-14/h5-8,11-12H,4,9-10H2,1-3H3,(H,20,23). The predicted octanol–water partition coefficient (Wildman–Crippen LogP) is 1.31. The highest BCUT2D eigenvalue weighted by Gasteiger charge is 2.18. The number of carbonyl (C=O) groups excluding carboxylic acids is 1. The zero-order valence-electron chi connectivity index (χ0n) is 15.0. The van der Waals surface area contributed by atoms with E-state index in [0.29, 0.717) is 6.54 Å². The SMILES string of the molecule is CCNC(=O)c1cn(CCOC(C)C)c(=O)n(-c2ccc(F)cc2)c1=O. The molecule has 1 N–H and O–H groups in total. The Kier molecular flexibility index (Phi) is 6.46. The Bertz CT molecular complexity index is 885. The molecule has 2 rings (SSSR count). The van der Waals surface area contributed by atoms with E-state index in [1.54, 1.807) is 6.92 Å². The number of nitrogens with zero attached hydrogens (tertiary/aromatic N) is 2. The lowest BCUT2D eigenvalue weighted by atomic mass is 10.2.